The van der Waals surface area contributed by atoms with Crippen molar-refractivity contribution in [1.29, 1.82) is 0 Å². The molecule has 0 aromatic heterocycles. The maximum absolute atomic E-state index is 12.6. The summed E-state index contributed by atoms with van der Waals surface area (Å²) in [6.07, 6.45) is 11.5. The van der Waals surface area contributed by atoms with E-state index in [0.717, 1.165) is 32.6 Å². The standard InChI is InChI=1S/C18H32N2O.ClH/c1-15(16-6-5-10-19-13-16)12-17(21)20-11-9-18(14-20)7-3-2-4-8-18;/h15-16,19H,2-14H2,1H3;1H. The molecule has 128 valence electrons. The molecular weight excluding hydrogens is 296 g/mol. The molecular formula is C18H33ClN2O. The number of halogens is 1. The average Bonchev–Trinajstić information content (AvgIpc) is 2.92. The lowest BCUT2D eigenvalue weighted by Crippen LogP contribution is -2.37. The molecule has 2 unspecified atom stereocenters. The topological polar surface area (TPSA) is 32.3 Å². The first-order valence-electron chi connectivity index (χ1n) is 9.17. The van der Waals surface area contributed by atoms with Crippen molar-refractivity contribution in [2.75, 3.05) is 26.2 Å². The van der Waals surface area contributed by atoms with Gasteiger partial charge >= 0.3 is 0 Å². The Bertz CT molecular complexity index is 362. The van der Waals surface area contributed by atoms with Crippen LogP contribution in [0, 0.1) is 17.3 Å². The number of hydrogen-bond acceptors (Lipinski definition) is 2. The molecule has 1 amide bonds. The molecule has 0 radical (unpaired) electrons. The van der Waals surface area contributed by atoms with Crippen LogP contribution in [0.3, 0.4) is 0 Å². The number of carbonyl (C=O) groups is 1. The largest absolute Gasteiger partial charge is 0.342 e. The van der Waals surface area contributed by atoms with E-state index >= 15 is 0 Å². The number of hydrogen-bond donors (Lipinski definition) is 1. The fraction of sp³-hybridized carbons (Fsp3) is 0.944. The average molecular weight is 329 g/mol. The van der Waals surface area contributed by atoms with Gasteiger partial charge in [-0.1, -0.05) is 26.2 Å². The second kappa shape index (κ2) is 8.01. The van der Waals surface area contributed by atoms with Crippen molar-refractivity contribution in [1.82, 2.24) is 10.2 Å². The summed E-state index contributed by atoms with van der Waals surface area (Å²) in [7, 11) is 0. The Hall–Kier alpha value is -0.280. The van der Waals surface area contributed by atoms with Crippen molar-refractivity contribution in [3.8, 4) is 0 Å². The van der Waals surface area contributed by atoms with Crippen molar-refractivity contribution in [2.45, 2.75) is 64.7 Å². The molecule has 0 bridgehead atoms. The molecule has 0 aromatic rings. The van der Waals surface area contributed by atoms with Gasteiger partial charge in [-0.15, -0.1) is 12.4 Å². The molecule has 3 fully saturated rings. The second-order valence-electron chi connectivity index (χ2n) is 7.91. The summed E-state index contributed by atoms with van der Waals surface area (Å²) in [4.78, 5) is 14.8. The highest BCUT2D eigenvalue weighted by Crippen LogP contribution is 2.43. The summed E-state index contributed by atoms with van der Waals surface area (Å²) in [6, 6.07) is 0. The fourth-order valence-electron chi connectivity index (χ4n) is 4.79. The molecule has 22 heavy (non-hydrogen) atoms. The number of nitrogens with one attached hydrogen (secondary N) is 1. The number of carbonyl (C=O) groups excluding carboxylic acids is 1. The van der Waals surface area contributed by atoms with Gasteiger partial charge in [-0.2, -0.15) is 0 Å². The van der Waals surface area contributed by atoms with Crippen molar-refractivity contribution >= 4 is 18.3 Å². The van der Waals surface area contributed by atoms with Crippen LogP contribution in [0.1, 0.15) is 64.7 Å². The van der Waals surface area contributed by atoms with Gasteiger partial charge < -0.3 is 10.2 Å². The zero-order valence-corrected chi connectivity index (χ0v) is 14.9. The van der Waals surface area contributed by atoms with Crippen LogP contribution in [-0.4, -0.2) is 37.0 Å². The monoisotopic (exact) mass is 328 g/mol. The van der Waals surface area contributed by atoms with E-state index in [1.165, 1.54) is 51.4 Å². The normalized spacial score (nSPS) is 29.1. The maximum Gasteiger partial charge on any atom is 0.222 e. The van der Waals surface area contributed by atoms with Gasteiger partial charge in [0, 0.05) is 19.5 Å². The summed E-state index contributed by atoms with van der Waals surface area (Å²) >= 11 is 0. The van der Waals surface area contributed by atoms with Crippen LogP contribution in [0.4, 0.5) is 0 Å². The van der Waals surface area contributed by atoms with Crippen molar-refractivity contribution in [3.05, 3.63) is 0 Å². The predicted molar refractivity (Wildman–Crippen MR) is 93.3 cm³/mol. The third-order valence-electron chi connectivity index (χ3n) is 6.34. The smallest absolute Gasteiger partial charge is 0.222 e. The Morgan fingerprint density at radius 3 is 2.68 bits per heavy atom. The highest BCUT2D eigenvalue weighted by atomic mass is 35.5. The van der Waals surface area contributed by atoms with Crippen LogP contribution < -0.4 is 5.32 Å². The van der Waals surface area contributed by atoms with E-state index in [0.29, 0.717) is 23.2 Å². The van der Waals surface area contributed by atoms with E-state index < -0.39 is 0 Å². The molecule has 2 heterocycles. The van der Waals surface area contributed by atoms with Gasteiger partial charge in [0.15, 0.2) is 0 Å². The number of rotatable bonds is 3. The molecule has 1 N–H and O–H groups in total. The Labute approximate surface area is 142 Å². The molecule has 2 saturated heterocycles. The predicted octanol–water partition coefficient (Wildman–Crippen LogP) is 3.62. The van der Waals surface area contributed by atoms with Crippen LogP contribution in [0.25, 0.3) is 0 Å². The number of piperidine rings is 1. The zero-order valence-electron chi connectivity index (χ0n) is 14.1. The Kier molecular flexibility index (Phi) is 6.58. The lowest BCUT2D eigenvalue weighted by molar-refractivity contribution is -0.132. The van der Waals surface area contributed by atoms with E-state index in [2.05, 4.69) is 17.1 Å². The van der Waals surface area contributed by atoms with Gasteiger partial charge in [0.25, 0.3) is 0 Å². The molecule has 3 nitrogen and oxygen atoms in total. The van der Waals surface area contributed by atoms with Crippen LogP contribution in [0.15, 0.2) is 0 Å². The summed E-state index contributed by atoms with van der Waals surface area (Å²) in [5.74, 6) is 1.66. The van der Waals surface area contributed by atoms with Gasteiger partial charge in [0.05, 0.1) is 0 Å². The van der Waals surface area contributed by atoms with E-state index in [1.54, 1.807) is 0 Å². The quantitative estimate of drug-likeness (QED) is 0.858. The Morgan fingerprint density at radius 2 is 2.00 bits per heavy atom. The lowest BCUT2D eigenvalue weighted by Gasteiger charge is -2.33. The van der Waals surface area contributed by atoms with E-state index in [1.807, 2.05) is 0 Å². The fourth-order valence-corrected chi connectivity index (χ4v) is 4.79. The first-order valence-corrected chi connectivity index (χ1v) is 9.17. The number of nitrogens with zero attached hydrogens (tertiary/aromatic N) is 1. The molecule has 2 aliphatic heterocycles. The molecule has 0 aromatic carbocycles. The van der Waals surface area contributed by atoms with Crippen molar-refractivity contribution in [2.24, 2.45) is 17.3 Å². The van der Waals surface area contributed by atoms with Gasteiger partial charge in [0.2, 0.25) is 5.91 Å². The van der Waals surface area contributed by atoms with E-state index in [9.17, 15) is 4.79 Å². The van der Waals surface area contributed by atoms with Crippen LogP contribution >= 0.6 is 12.4 Å². The van der Waals surface area contributed by atoms with Gasteiger partial charge in [-0.25, -0.2) is 0 Å². The zero-order chi connectivity index (χ0) is 14.7. The number of amides is 1. The van der Waals surface area contributed by atoms with Crippen molar-refractivity contribution < 1.29 is 4.79 Å². The van der Waals surface area contributed by atoms with Crippen LogP contribution in [0.5, 0.6) is 0 Å². The molecule has 1 aliphatic carbocycles. The molecule has 4 heteroatoms. The van der Waals surface area contributed by atoms with E-state index in [4.69, 9.17) is 0 Å². The summed E-state index contributed by atoms with van der Waals surface area (Å²) < 4.78 is 0. The molecule has 2 atom stereocenters. The van der Waals surface area contributed by atoms with Crippen molar-refractivity contribution in [3.63, 3.8) is 0 Å². The first-order chi connectivity index (χ1) is 10.2. The summed E-state index contributed by atoms with van der Waals surface area (Å²) in [6.45, 7) is 6.63. The Balaban J connectivity index is 0.00000176. The van der Waals surface area contributed by atoms with Crippen LogP contribution in [-0.2, 0) is 4.79 Å². The highest BCUT2D eigenvalue weighted by molar-refractivity contribution is 5.85. The van der Waals surface area contributed by atoms with Gasteiger partial charge in [-0.3, -0.25) is 4.79 Å². The minimum Gasteiger partial charge on any atom is -0.342 e. The summed E-state index contributed by atoms with van der Waals surface area (Å²) in [5, 5.41) is 3.48. The minimum absolute atomic E-state index is 0. The van der Waals surface area contributed by atoms with Crippen LogP contribution in [0.2, 0.25) is 0 Å². The molecule has 1 spiro atoms. The third kappa shape index (κ3) is 4.17. The third-order valence-corrected chi connectivity index (χ3v) is 6.34. The van der Waals surface area contributed by atoms with Gasteiger partial charge in [-0.05, 0) is 62.4 Å². The minimum atomic E-state index is 0. The SMILES string of the molecule is CC(CC(=O)N1CCC2(CCCCC2)C1)C1CCCNC1.Cl. The van der Waals surface area contributed by atoms with E-state index in [-0.39, 0.29) is 12.4 Å². The lowest BCUT2D eigenvalue weighted by atomic mass is 9.73. The number of likely N-dealkylation sites (tertiary alicyclic amines) is 1. The highest BCUT2D eigenvalue weighted by Gasteiger charge is 2.40. The molecule has 3 rings (SSSR count). The molecule has 1 saturated carbocycles. The molecule has 3 aliphatic rings. The maximum atomic E-state index is 12.6. The first kappa shape index (κ1) is 18.1. The second-order valence-corrected chi connectivity index (χ2v) is 7.91. The summed E-state index contributed by atoms with van der Waals surface area (Å²) in [5.41, 5.74) is 0.504. The Morgan fingerprint density at radius 1 is 1.23 bits per heavy atom. The van der Waals surface area contributed by atoms with Gasteiger partial charge in [0.1, 0.15) is 0 Å².